The molecule has 1 amide bonds. The number of aryl methyl sites for hydroxylation is 1. The molecule has 0 fully saturated rings. The van der Waals surface area contributed by atoms with Gasteiger partial charge in [-0.25, -0.2) is 10.0 Å². The molecule has 1 aromatic rings. The van der Waals surface area contributed by atoms with E-state index in [1.165, 1.54) is 7.11 Å². The average molecular weight is 183 g/mol. The van der Waals surface area contributed by atoms with Crippen molar-refractivity contribution in [2.45, 2.75) is 6.92 Å². The minimum atomic E-state index is -0.236. The smallest absolute Gasteiger partial charge is 0.297 e. The van der Waals surface area contributed by atoms with Gasteiger partial charge in [-0.1, -0.05) is 0 Å². The van der Waals surface area contributed by atoms with E-state index in [-0.39, 0.29) is 5.91 Å². The summed E-state index contributed by atoms with van der Waals surface area (Å²) in [5, 5.41) is 1.15. The molecule has 13 heavy (non-hydrogen) atoms. The molecule has 0 radical (unpaired) electrons. The number of hydrogen-bond donors (Lipinski definition) is 0. The molecule has 5 nitrogen and oxygen atoms in total. The molecule has 0 saturated heterocycles. The quantitative estimate of drug-likeness (QED) is 0.622. The topological polar surface area (TPSA) is 47.4 Å². The first kappa shape index (κ1) is 9.73. The van der Waals surface area contributed by atoms with Crippen LogP contribution in [-0.4, -0.2) is 34.7 Å². The van der Waals surface area contributed by atoms with Gasteiger partial charge in [-0.05, 0) is 6.92 Å². The van der Waals surface area contributed by atoms with Crippen molar-refractivity contribution >= 4 is 5.91 Å². The molecule has 1 heterocycles. The minimum Gasteiger partial charge on any atom is -0.337 e. The molecular weight excluding hydrogens is 170 g/mol. The number of hydrogen-bond acceptors (Lipinski definition) is 3. The second-order valence-electron chi connectivity index (χ2n) is 2.77. The molecule has 0 unspecified atom stereocenters. The first-order chi connectivity index (χ1) is 6.07. The first-order valence-corrected chi connectivity index (χ1v) is 3.88. The predicted molar refractivity (Wildman–Crippen MR) is 47.0 cm³/mol. The number of aromatic nitrogens is 2. The highest BCUT2D eigenvalue weighted by Gasteiger charge is 2.17. The van der Waals surface area contributed by atoms with E-state index in [0.717, 1.165) is 10.8 Å². The molecule has 0 aromatic carbocycles. The van der Waals surface area contributed by atoms with Gasteiger partial charge < -0.3 is 4.57 Å². The van der Waals surface area contributed by atoms with E-state index in [9.17, 15) is 4.79 Å². The maximum atomic E-state index is 11.5. The van der Waals surface area contributed by atoms with Crippen molar-refractivity contribution in [2.75, 3.05) is 14.2 Å². The minimum absolute atomic E-state index is 0.236. The highest BCUT2D eigenvalue weighted by Crippen LogP contribution is 2.06. The SMILES string of the molecule is CON(C)C(=O)c1ncn(C)c1C. The lowest BCUT2D eigenvalue weighted by Gasteiger charge is -2.12. The van der Waals surface area contributed by atoms with Crippen LogP contribution in [0.3, 0.4) is 0 Å². The standard InChI is InChI=1S/C8H13N3O2/c1-6-7(9-5-10(6)2)8(12)11(3)13-4/h5H,1-4H3. The molecule has 0 spiro atoms. The van der Waals surface area contributed by atoms with Crippen molar-refractivity contribution in [3.63, 3.8) is 0 Å². The van der Waals surface area contributed by atoms with Crippen LogP contribution in [-0.2, 0) is 11.9 Å². The Hall–Kier alpha value is -1.36. The summed E-state index contributed by atoms with van der Waals surface area (Å²) in [6, 6.07) is 0. The Balaban J connectivity index is 2.95. The number of nitrogens with zero attached hydrogens (tertiary/aromatic N) is 3. The van der Waals surface area contributed by atoms with Gasteiger partial charge in [0, 0.05) is 19.8 Å². The lowest BCUT2D eigenvalue weighted by molar-refractivity contribution is -0.0760. The largest absolute Gasteiger partial charge is 0.337 e. The summed E-state index contributed by atoms with van der Waals surface area (Å²) in [7, 11) is 4.83. The fourth-order valence-electron chi connectivity index (χ4n) is 0.933. The Labute approximate surface area is 76.9 Å². The van der Waals surface area contributed by atoms with E-state index in [1.807, 2.05) is 14.0 Å². The van der Waals surface area contributed by atoms with Crippen LogP contribution in [0, 0.1) is 6.92 Å². The molecule has 0 aliphatic rings. The Morgan fingerprint density at radius 2 is 2.31 bits per heavy atom. The van der Waals surface area contributed by atoms with E-state index in [4.69, 9.17) is 4.84 Å². The van der Waals surface area contributed by atoms with E-state index in [2.05, 4.69) is 4.98 Å². The molecule has 5 heteroatoms. The average Bonchev–Trinajstić information content (AvgIpc) is 2.45. The fraction of sp³-hybridized carbons (Fsp3) is 0.500. The lowest BCUT2D eigenvalue weighted by atomic mass is 10.3. The van der Waals surface area contributed by atoms with Gasteiger partial charge in [0.15, 0.2) is 5.69 Å². The zero-order valence-electron chi connectivity index (χ0n) is 8.24. The molecule has 0 saturated carbocycles. The molecule has 0 N–H and O–H groups in total. The third kappa shape index (κ3) is 1.70. The molecule has 1 rings (SSSR count). The Morgan fingerprint density at radius 1 is 1.69 bits per heavy atom. The second-order valence-corrected chi connectivity index (χ2v) is 2.77. The Bertz CT molecular complexity index is 319. The van der Waals surface area contributed by atoms with Crippen molar-refractivity contribution < 1.29 is 9.63 Å². The van der Waals surface area contributed by atoms with Gasteiger partial charge in [-0.3, -0.25) is 9.63 Å². The Morgan fingerprint density at radius 3 is 2.69 bits per heavy atom. The van der Waals surface area contributed by atoms with E-state index >= 15 is 0 Å². The fourth-order valence-corrected chi connectivity index (χ4v) is 0.933. The summed E-state index contributed by atoms with van der Waals surface area (Å²) in [5.41, 5.74) is 1.25. The second kappa shape index (κ2) is 3.57. The Kier molecular flexibility index (Phi) is 2.67. The summed E-state index contributed by atoms with van der Waals surface area (Å²) < 4.78 is 1.79. The van der Waals surface area contributed by atoms with Crippen LogP contribution in [0.25, 0.3) is 0 Å². The van der Waals surface area contributed by atoms with Gasteiger partial charge in [-0.2, -0.15) is 0 Å². The van der Waals surface area contributed by atoms with Gasteiger partial charge in [-0.15, -0.1) is 0 Å². The van der Waals surface area contributed by atoms with Crippen LogP contribution in [0.4, 0.5) is 0 Å². The maximum Gasteiger partial charge on any atom is 0.297 e. The number of imidazole rings is 1. The van der Waals surface area contributed by atoms with Crippen molar-refractivity contribution in [2.24, 2.45) is 7.05 Å². The van der Waals surface area contributed by atoms with E-state index < -0.39 is 0 Å². The third-order valence-corrected chi connectivity index (χ3v) is 1.99. The van der Waals surface area contributed by atoms with Crippen LogP contribution in [0.5, 0.6) is 0 Å². The summed E-state index contributed by atoms with van der Waals surface area (Å²) in [5.74, 6) is -0.236. The van der Waals surface area contributed by atoms with Gasteiger partial charge in [0.05, 0.1) is 13.4 Å². The number of carbonyl (C=O) groups excluding carboxylic acids is 1. The lowest BCUT2D eigenvalue weighted by Crippen LogP contribution is -2.26. The summed E-state index contributed by atoms with van der Waals surface area (Å²) in [4.78, 5) is 20.3. The van der Waals surface area contributed by atoms with Gasteiger partial charge in [0.25, 0.3) is 5.91 Å². The summed E-state index contributed by atoms with van der Waals surface area (Å²) in [6.45, 7) is 1.84. The molecule has 72 valence electrons. The number of hydroxylamine groups is 2. The molecule has 1 aromatic heterocycles. The van der Waals surface area contributed by atoms with E-state index in [1.54, 1.807) is 17.9 Å². The molecule has 0 bridgehead atoms. The normalized spacial score (nSPS) is 10.2. The highest BCUT2D eigenvalue weighted by atomic mass is 16.7. The number of amides is 1. The molecular formula is C8H13N3O2. The number of carbonyl (C=O) groups is 1. The van der Waals surface area contributed by atoms with E-state index in [0.29, 0.717) is 5.69 Å². The molecule has 0 aliphatic heterocycles. The predicted octanol–water partition coefficient (Wildman–Crippen LogP) is 0.362. The van der Waals surface area contributed by atoms with Crippen LogP contribution in [0.2, 0.25) is 0 Å². The summed E-state index contributed by atoms with van der Waals surface area (Å²) >= 11 is 0. The zero-order valence-corrected chi connectivity index (χ0v) is 8.24. The summed E-state index contributed by atoms with van der Waals surface area (Å²) in [6.07, 6.45) is 1.60. The van der Waals surface area contributed by atoms with Crippen molar-refractivity contribution in [3.05, 3.63) is 17.7 Å². The van der Waals surface area contributed by atoms with Crippen LogP contribution in [0.15, 0.2) is 6.33 Å². The zero-order chi connectivity index (χ0) is 10.0. The maximum absolute atomic E-state index is 11.5. The first-order valence-electron chi connectivity index (χ1n) is 3.88. The van der Waals surface area contributed by atoms with Gasteiger partial charge in [0.1, 0.15) is 0 Å². The van der Waals surface area contributed by atoms with Gasteiger partial charge >= 0.3 is 0 Å². The van der Waals surface area contributed by atoms with Crippen molar-refractivity contribution in [1.82, 2.24) is 14.6 Å². The number of rotatable bonds is 2. The third-order valence-electron chi connectivity index (χ3n) is 1.99. The molecule has 0 atom stereocenters. The van der Waals surface area contributed by atoms with Crippen molar-refractivity contribution in [1.29, 1.82) is 0 Å². The highest BCUT2D eigenvalue weighted by molar-refractivity contribution is 5.92. The van der Waals surface area contributed by atoms with Crippen LogP contribution < -0.4 is 0 Å². The van der Waals surface area contributed by atoms with Crippen molar-refractivity contribution in [3.8, 4) is 0 Å². The monoisotopic (exact) mass is 183 g/mol. The van der Waals surface area contributed by atoms with Crippen LogP contribution in [0.1, 0.15) is 16.2 Å². The molecule has 0 aliphatic carbocycles. The van der Waals surface area contributed by atoms with Crippen LogP contribution >= 0.6 is 0 Å². The van der Waals surface area contributed by atoms with Gasteiger partial charge in [0.2, 0.25) is 0 Å².